The number of halogens is 4. The number of hydrogen-bond donors (Lipinski definition) is 1. The van der Waals surface area contributed by atoms with Gasteiger partial charge >= 0.3 is 0 Å². The zero-order valence-corrected chi connectivity index (χ0v) is 16.2. The molecular formula is C19H18BrClF2N2O. The number of carbonyl (C=O) groups excluding carboxylic acids is 1. The second kappa shape index (κ2) is 8.46. The van der Waals surface area contributed by atoms with Crippen LogP contribution in [-0.2, 0) is 4.79 Å². The number of likely N-dealkylation sites (tertiary alicyclic amines) is 1. The third-order valence-electron chi connectivity index (χ3n) is 4.54. The summed E-state index contributed by atoms with van der Waals surface area (Å²) in [6, 6.07) is 14.5. The summed E-state index contributed by atoms with van der Waals surface area (Å²) in [5.41, 5.74) is 1.61. The van der Waals surface area contributed by atoms with Gasteiger partial charge in [0.1, 0.15) is 0 Å². The first-order valence-corrected chi connectivity index (χ1v) is 9.42. The molecule has 1 aliphatic heterocycles. The Morgan fingerprint density at radius 2 is 1.81 bits per heavy atom. The molecule has 0 spiro atoms. The quantitative estimate of drug-likeness (QED) is 0.703. The number of benzene rings is 2. The van der Waals surface area contributed by atoms with Gasteiger partial charge in [-0.2, -0.15) is 0 Å². The van der Waals surface area contributed by atoms with E-state index >= 15 is 0 Å². The van der Waals surface area contributed by atoms with E-state index in [0.29, 0.717) is 23.8 Å². The predicted octanol–water partition coefficient (Wildman–Crippen LogP) is 5.02. The zero-order valence-electron chi connectivity index (χ0n) is 13.8. The smallest absolute Gasteiger partial charge is 0.251 e. The van der Waals surface area contributed by atoms with Gasteiger partial charge in [-0.1, -0.05) is 39.7 Å². The van der Waals surface area contributed by atoms with Crippen molar-refractivity contribution in [2.45, 2.75) is 12.3 Å². The Morgan fingerprint density at radius 3 is 2.42 bits per heavy atom. The van der Waals surface area contributed by atoms with E-state index in [4.69, 9.17) is 11.6 Å². The lowest BCUT2D eigenvalue weighted by atomic mass is 9.88. The summed E-state index contributed by atoms with van der Waals surface area (Å²) < 4.78 is 26.6. The fourth-order valence-electron chi connectivity index (χ4n) is 3.31. The van der Waals surface area contributed by atoms with Gasteiger partial charge in [0, 0.05) is 34.2 Å². The van der Waals surface area contributed by atoms with E-state index < -0.39 is 12.3 Å². The van der Waals surface area contributed by atoms with E-state index in [0.717, 1.165) is 10.0 Å². The van der Waals surface area contributed by atoms with E-state index in [1.165, 1.54) is 0 Å². The zero-order chi connectivity index (χ0) is 18.7. The fraction of sp³-hybridized carbons (Fsp3) is 0.316. The lowest BCUT2D eigenvalue weighted by Crippen LogP contribution is -2.30. The van der Waals surface area contributed by atoms with Crippen LogP contribution in [0.15, 0.2) is 53.0 Å². The molecule has 1 N–H and O–H groups in total. The second-order valence-corrected chi connectivity index (χ2v) is 7.72. The van der Waals surface area contributed by atoms with E-state index in [1.54, 1.807) is 29.2 Å². The molecule has 1 heterocycles. The molecule has 2 aromatic carbocycles. The first kappa shape index (κ1) is 19.3. The van der Waals surface area contributed by atoms with Crippen molar-refractivity contribution < 1.29 is 13.6 Å². The van der Waals surface area contributed by atoms with Crippen molar-refractivity contribution in [1.82, 2.24) is 4.90 Å². The molecular weight excluding hydrogens is 426 g/mol. The number of hydrogen-bond acceptors (Lipinski definition) is 2. The number of anilines is 1. The van der Waals surface area contributed by atoms with E-state index in [1.807, 2.05) is 24.3 Å². The second-order valence-electron chi connectivity index (χ2n) is 6.37. The standard InChI is InChI=1S/C19H18BrClF2N2O/c20-13-3-1-12(2-4-13)16-9-25(11-18(22)23)10-17(16)19(26)24-15-7-5-14(21)6-8-15/h1-8,16-18H,9-11H2,(H,24,26)/t16-,17+/m1/s1. The minimum Gasteiger partial charge on any atom is -0.326 e. The third kappa shape index (κ3) is 4.81. The van der Waals surface area contributed by atoms with Gasteiger partial charge < -0.3 is 5.32 Å². The molecule has 0 aliphatic carbocycles. The Kier molecular flexibility index (Phi) is 6.27. The molecule has 0 radical (unpaired) electrons. The van der Waals surface area contributed by atoms with Crippen LogP contribution in [0.5, 0.6) is 0 Å². The summed E-state index contributed by atoms with van der Waals surface area (Å²) in [4.78, 5) is 14.5. The molecule has 3 rings (SSSR count). The van der Waals surface area contributed by atoms with Crippen LogP contribution in [0.4, 0.5) is 14.5 Å². The number of carbonyl (C=O) groups is 1. The van der Waals surface area contributed by atoms with E-state index in [2.05, 4.69) is 21.2 Å². The first-order chi connectivity index (χ1) is 12.4. The number of alkyl halides is 2. The highest BCUT2D eigenvalue weighted by molar-refractivity contribution is 9.10. The summed E-state index contributed by atoms with van der Waals surface area (Å²) in [5.74, 6) is -0.697. The maximum atomic E-state index is 12.8. The van der Waals surface area contributed by atoms with Crippen molar-refractivity contribution in [3.63, 3.8) is 0 Å². The van der Waals surface area contributed by atoms with Gasteiger partial charge in [-0.25, -0.2) is 8.78 Å². The normalized spacial score (nSPS) is 20.5. The minimum absolute atomic E-state index is 0.130. The van der Waals surface area contributed by atoms with Crippen LogP contribution in [0.1, 0.15) is 11.5 Å². The summed E-state index contributed by atoms with van der Waals surface area (Å²) >= 11 is 9.26. The van der Waals surface area contributed by atoms with Crippen LogP contribution in [0.3, 0.4) is 0 Å². The Bertz CT molecular complexity index is 755. The maximum absolute atomic E-state index is 12.8. The van der Waals surface area contributed by atoms with Crippen LogP contribution in [0.2, 0.25) is 5.02 Å². The van der Waals surface area contributed by atoms with Gasteiger partial charge in [0.15, 0.2) is 0 Å². The molecule has 1 amide bonds. The molecule has 1 saturated heterocycles. The van der Waals surface area contributed by atoms with Crippen LogP contribution >= 0.6 is 27.5 Å². The SMILES string of the molecule is O=C(Nc1ccc(Cl)cc1)[C@H]1CN(CC(F)F)C[C@@H]1c1ccc(Br)cc1. The molecule has 7 heteroatoms. The third-order valence-corrected chi connectivity index (χ3v) is 5.32. The number of nitrogens with one attached hydrogen (secondary N) is 1. The van der Waals surface area contributed by atoms with Crippen molar-refractivity contribution in [3.8, 4) is 0 Å². The number of rotatable bonds is 5. The summed E-state index contributed by atoms with van der Waals surface area (Å²) in [6.07, 6.45) is -2.42. The highest BCUT2D eigenvalue weighted by atomic mass is 79.9. The average molecular weight is 444 g/mol. The topological polar surface area (TPSA) is 32.3 Å². The molecule has 1 fully saturated rings. The maximum Gasteiger partial charge on any atom is 0.251 e. The van der Waals surface area contributed by atoms with Crippen LogP contribution in [0, 0.1) is 5.92 Å². The number of nitrogens with zero attached hydrogens (tertiary/aromatic N) is 1. The Morgan fingerprint density at radius 1 is 1.15 bits per heavy atom. The van der Waals surface area contributed by atoms with Crippen molar-refractivity contribution in [2.75, 3.05) is 25.0 Å². The van der Waals surface area contributed by atoms with Crippen molar-refractivity contribution >= 4 is 39.1 Å². The molecule has 0 bridgehead atoms. The largest absolute Gasteiger partial charge is 0.326 e. The Hall–Kier alpha value is -1.50. The molecule has 26 heavy (non-hydrogen) atoms. The van der Waals surface area contributed by atoms with Gasteiger partial charge in [0.25, 0.3) is 6.43 Å². The lowest BCUT2D eigenvalue weighted by Gasteiger charge is -2.18. The van der Waals surface area contributed by atoms with Gasteiger partial charge in [-0.05, 0) is 42.0 Å². The van der Waals surface area contributed by atoms with E-state index in [-0.39, 0.29) is 18.4 Å². The molecule has 1 aliphatic rings. The molecule has 0 unspecified atom stereocenters. The molecule has 0 aromatic heterocycles. The fourth-order valence-corrected chi connectivity index (χ4v) is 3.70. The Balaban J connectivity index is 1.79. The highest BCUT2D eigenvalue weighted by Gasteiger charge is 2.39. The van der Waals surface area contributed by atoms with Gasteiger partial charge in [-0.3, -0.25) is 9.69 Å². The van der Waals surface area contributed by atoms with Crippen LogP contribution in [0.25, 0.3) is 0 Å². The number of amides is 1. The highest BCUT2D eigenvalue weighted by Crippen LogP contribution is 2.34. The van der Waals surface area contributed by atoms with Gasteiger partial charge in [0.05, 0.1) is 12.5 Å². The first-order valence-electron chi connectivity index (χ1n) is 8.25. The molecule has 0 saturated carbocycles. The van der Waals surface area contributed by atoms with Crippen LogP contribution < -0.4 is 5.32 Å². The average Bonchev–Trinajstić information content (AvgIpc) is 3.01. The van der Waals surface area contributed by atoms with Crippen molar-refractivity contribution in [3.05, 3.63) is 63.6 Å². The van der Waals surface area contributed by atoms with Gasteiger partial charge in [0.2, 0.25) is 5.91 Å². The van der Waals surface area contributed by atoms with Gasteiger partial charge in [-0.15, -0.1) is 0 Å². The Labute approximate surface area is 164 Å². The van der Waals surface area contributed by atoms with Crippen LogP contribution in [-0.4, -0.2) is 36.9 Å². The minimum atomic E-state index is -2.42. The molecule has 138 valence electrons. The molecule has 2 atom stereocenters. The summed E-state index contributed by atoms with van der Waals surface area (Å²) in [7, 11) is 0. The molecule has 2 aromatic rings. The summed E-state index contributed by atoms with van der Waals surface area (Å²) in [6.45, 7) is 0.424. The lowest BCUT2D eigenvalue weighted by molar-refractivity contribution is -0.119. The van der Waals surface area contributed by atoms with Crippen molar-refractivity contribution in [2.24, 2.45) is 5.92 Å². The van der Waals surface area contributed by atoms with Crippen molar-refractivity contribution in [1.29, 1.82) is 0 Å². The predicted molar refractivity (Wildman–Crippen MR) is 103 cm³/mol. The van der Waals surface area contributed by atoms with E-state index in [9.17, 15) is 13.6 Å². The summed E-state index contributed by atoms with van der Waals surface area (Å²) in [5, 5.41) is 3.46. The monoisotopic (exact) mass is 442 g/mol. The molecule has 3 nitrogen and oxygen atoms in total.